The molecule has 0 aromatic carbocycles. The van der Waals surface area contributed by atoms with Gasteiger partial charge >= 0.3 is 56.6 Å². The van der Waals surface area contributed by atoms with Gasteiger partial charge < -0.3 is 4.70 Å². The third-order valence-corrected chi connectivity index (χ3v) is 0. The van der Waals surface area contributed by atoms with Crippen molar-refractivity contribution >= 4 is 9.69 Å². The summed E-state index contributed by atoms with van der Waals surface area (Å²) in [6, 6.07) is 0. The van der Waals surface area contributed by atoms with Gasteiger partial charge in [0.15, 0.2) is 0 Å². The Balaban J connectivity index is -0.00000000500. The third-order valence-electron chi connectivity index (χ3n) is 0. The number of rotatable bonds is 0. The summed E-state index contributed by atoms with van der Waals surface area (Å²) >= 11 is 0.847. The molecule has 17 valence electrons. The smallest absolute Gasteiger partial charge is 1.00 e. The zero-order valence-corrected chi connectivity index (χ0v) is 8.19. The van der Waals surface area contributed by atoms with Crippen molar-refractivity contribution < 1.29 is 51.6 Å². The second-order valence-corrected chi connectivity index (χ2v) is 0. The van der Waals surface area contributed by atoms with E-state index in [9.17, 15) is 0 Å². The standard InChI is InChI=1S/ClH.FH.Na.Zn/h2*1H;;/q;;2*+1/p-2. The molecule has 0 N–H and O–H groups in total. The first-order valence-corrected chi connectivity index (χ1v) is 4.17. The molecule has 0 nitrogen and oxygen atoms in total. The van der Waals surface area contributed by atoms with Crippen LogP contribution in [0, 0.1) is 0 Å². The molecule has 0 unspecified atom stereocenters. The number of hydrogen-bond donors (Lipinski definition) is 0. The molecular weight excluding hydrogens is 143 g/mol. The van der Waals surface area contributed by atoms with E-state index < -0.39 is 0 Å². The molecule has 0 fully saturated rings. The van der Waals surface area contributed by atoms with Crippen molar-refractivity contribution in [1.82, 2.24) is 0 Å². The molecule has 0 rings (SSSR count). The summed E-state index contributed by atoms with van der Waals surface area (Å²) in [7, 11) is 4.76. The molecule has 0 aromatic heterocycles. The number of hydrogen-bond acceptors (Lipinski definition) is 0. The Morgan fingerprint density at radius 3 is 1.25 bits per heavy atom. The normalized spacial score (nSPS) is 1.75. The van der Waals surface area contributed by atoms with Gasteiger partial charge in [0.2, 0.25) is 0 Å². The monoisotopic (exact) mass is 141 g/mol. The third kappa shape index (κ3) is 9.14. The van der Waals surface area contributed by atoms with Crippen molar-refractivity contribution in [2.45, 2.75) is 0 Å². The summed E-state index contributed by atoms with van der Waals surface area (Å²) < 4.78 is 0. The van der Waals surface area contributed by atoms with Crippen molar-refractivity contribution in [3.8, 4) is 0 Å². The first-order valence-electron chi connectivity index (χ1n) is 0.267. The van der Waals surface area contributed by atoms with E-state index in [-0.39, 0.29) is 34.3 Å². The van der Waals surface area contributed by atoms with Gasteiger partial charge in [-0.3, -0.25) is 0 Å². The van der Waals surface area contributed by atoms with Crippen molar-refractivity contribution in [3.05, 3.63) is 0 Å². The second kappa shape index (κ2) is 21.1. The van der Waals surface area contributed by atoms with E-state index in [2.05, 4.69) is 0 Å². The van der Waals surface area contributed by atoms with Gasteiger partial charge in [-0.25, -0.2) is 0 Å². The van der Waals surface area contributed by atoms with Gasteiger partial charge in [0.1, 0.15) is 0 Å². The first-order chi connectivity index (χ1) is 1.00. The Hall–Kier alpha value is 1.84. The minimum absolute atomic E-state index is 0. The van der Waals surface area contributed by atoms with E-state index in [0.717, 1.165) is 17.3 Å². The molecule has 0 aliphatic heterocycles. The van der Waals surface area contributed by atoms with Crippen molar-refractivity contribution in [3.63, 3.8) is 0 Å². The Bertz CT molecular complexity index is 8.00. The van der Waals surface area contributed by atoms with Crippen LogP contribution in [0.2, 0.25) is 0 Å². The van der Waals surface area contributed by atoms with Gasteiger partial charge in [-0.2, -0.15) is 0 Å². The molecule has 0 spiro atoms. The fourth-order valence-electron chi connectivity index (χ4n) is 0. The van der Waals surface area contributed by atoms with Crippen molar-refractivity contribution in [1.29, 1.82) is 0 Å². The molecule has 0 amide bonds. The van der Waals surface area contributed by atoms with Crippen LogP contribution in [-0.4, -0.2) is 0 Å². The van der Waals surface area contributed by atoms with Crippen LogP contribution in [0.4, 0.5) is 0 Å². The topological polar surface area (TPSA) is 0 Å². The largest absolute Gasteiger partial charge is 1.00 e. The molecule has 0 aliphatic rings. The number of halogens is 2. The van der Waals surface area contributed by atoms with Gasteiger partial charge in [0, 0.05) is 0 Å². The van der Waals surface area contributed by atoms with Crippen LogP contribution < -0.4 is 34.3 Å². The zero-order valence-electron chi connectivity index (χ0n) is 2.46. The molecule has 0 aromatic rings. The molecular formula is ClFNaZn. The first kappa shape index (κ1) is 17.0. The van der Waals surface area contributed by atoms with E-state index in [1.165, 1.54) is 0 Å². The summed E-state index contributed by atoms with van der Waals surface area (Å²) in [6.07, 6.45) is 0. The van der Waals surface area contributed by atoms with Gasteiger partial charge in [0.25, 0.3) is 0 Å². The van der Waals surface area contributed by atoms with Crippen LogP contribution in [0.1, 0.15) is 0 Å². The fraction of sp³-hybridized carbons (Fsp3) is 0. The van der Waals surface area contributed by atoms with Crippen molar-refractivity contribution in [2.24, 2.45) is 0 Å². The van der Waals surface area contributed by atoms with Gasteiger partial charge in [-0.15, -0.1) is 0 Å². The predicted molar refractivity (Wildman–Crippen MR) is 5.85 cm³/mol. The van der Waals surface area contributed by atoms with Crippen LogP contribution >= 0.6 is 9.69 Å². The molecule has 4 heteroatoms. The maximum atomic E-state index is 4.76. The molecule has 0 saturated heterocycles. The second-order valence-electron chi connectivity index (χ2n) is 0. The van der Waals surface area contributed by atoms with Gasteiger partial charge in [-0.05, 0) is 0 Å². The van der Waals surface area contributed by atoms with Gasteiger partial charge in [-0.1, -0.05) is 0 Å². The van der Waals surface area contributed by atoms with Crippen LogP contribution in [0.5, 0.6) is 0 Å². The molecule has 4 heavy (non-hydrogen) atoms. The average molecular weight is 143 g/mol. The Morgan fingerprint density at radius 1 is 1.25 bits per heavy atom. The van der Waals surface area contributed by atoms with Crippen LogP contribution in [0.15, 0.2) is 0 Å². The summed E-state index contributed by atoms with van der Waals surface area (Å²) in [5.41, 5.74) is 0. The summed E-state index contributed by atoms with van der Waals surface area (Å²) in [5.74, 6) is 0. The average Bonchev–Trinajstić information content (AvgIpc) is 1.00. The molecule has 0 bridgehead atoms. The Morgan fingerprint density at radius 2 is 1.25 bits per heavy atom. The van der Waals surface area contributed by atoms with E-state index in [4.69, 9.17) is 9.69 Å². The van der Waals surface area contributed by atoms with E-state index in [0.29, 0.717) is 0 Å². The quantitative estimate of drug-likeness (QED) is 0.297. The fourth-order valence-corrected chi connectivity index (χ4v) is 0. The van der Waals surface area contributed by atoms with E-state index in [1.54, 1.807) is 0 Å². The molecule has 0 radical (unpaired) electrons. The summed E-state index contributed by atoms with van der Waals surface area (Å²) in [5, 5.41) is 0. The summed E-state index contributed by atoms with van der Waals surface area (Å²) in [4.78, 5) is 0. The Labute approximate surface area is 60.7 Å². The summed E-state index contributed by atoms with van der Waals surface area (Å²) in [6.45, 7) is 0. The molecule has 0 aliphatic carbocycles. The predicted octanol–water partition coefficient (Wildman–Crippen LogP) is -5.30. The van der Waals surface area contributed by atoms with Crippen molar-refractivity contribution in [2.75, 3.05) is 0 Å². The molecule has 0 atom stereocenters. The van der Waals surface area contributed by atoms with E-state index >= 15 is 0 Å². The minimum atomic E-state index is 0. The Kier molecular flexibility index (Phi) is 89.2. The maximum Gasteiger partial charge on any atom is 1.00 e. The SMILES string of the molecule is [Cl][Zn].[F-].[Na+]. The van der Waals surface area contributed by atoms with Crippen LogP contribution in [0.25, 0.3) is 0 Å². The molecule has 0 heterocycles. The maximum absolute atomic E-state index is 4.76. The zero-order chi connectivity index (χ0) is 2.00. The molecule has 0 saturated carbocycles. The van der Waals surface area contributed by atoms with Crippen LogP contribution in [-0.2, 0) is 17.3 Å². The van der Waals surface area contributed by atoms with E-state index in [1.807, 2.05) is 0 Å². The van der Waals surface area contributed by atoms with Crippen LogP contribution in [0.3, 0.4) is 0 Å². The van der Waals surface area contributed by atoms with Gasteiger partial charge in [0.05, 0.1) is 0 Å². The minimum Gasteiger partial charge on any atom is -1.00 e.